The van der Waals surface area contributed by atoms with Gasteiger partial charge in [0.15, 0.2) is 0 Å². The summed E-state index contributed by atoms with van der Waals surface area (Å²) in [4.78, 5) is 5.19. The zero-order valence-corrected chi connectivity index (χ0v) is 7.98. The van der Waals surface area contributed by atoms with Crippen LogP contribution in [0.4, 0.5) is 0 Å². The van der Waals surface area contributed by atoms with E-state index in [1.807, 2.05) is 35.8 Å². The summed E-state index contributed by atoms with van der Waals surface area (Å²) in [5.41, 5.74) is 1.14. The van der Waals surface area contributed by atoms with Gasteiger partial charge in [-0.1, -0.05) is 12.1 Å². The van der Waals surface area contributed by atoms with E-state index in [-0.39, 0.29) is 0 Å². The van der Waals surface area contributed by atoms with Gasteiger partial charge >= 0.3 is 0 Å². The fourth-order valence-corrected chi connectivity index (χ4v) is 1.87. The molecule has 0 amide bonds. The second kappa shape index (κ2) is 3.29. The Kier molecular flexibility index (Phi) is 2.15. The molecule has 2 rings (SSSR count). The number of rotatable bonds is 1. The van der Waals surface area contributed by atoms with Crippen molar-refractivity contribution in [3.8, 4) is 10.6 Å². The van der Waals surface area contributed by atoms with Crippen molar-refractivity contribution in [3.05, 3.63) is 35.8 Å². The average Bonchev–Trinajstić information content (AvgIpc) is 2.56. The minimum Gasteiger partial charge on any atom is -0.245 e. The van der Waals surface area contributed by atoms with E-state index in [1.54, 1.807) is 11.3 Å². The Hall–Kier alpha value is -0.800. The lowest BCUT2D eigenvalue weighted by molar-refractivity contribution is 1.39. The van der Waals surface area contributed by atoms with Crippen molar-refractivity contribution in [1.29, 1.82) is 0 Å². The van der Waals surface area contributed by atoms with Crippen LogP contribution < -0.4 is 0 Å². The van der Waals surface area contributed by atoms with Crippen LogP contribution in [0.5, 0.6) is 0 Å². The van der Waals surface area contributed by atoms with Crippen molar-refractivity contribution in [3.63, 3.8) is 0 Å². The summed E-state index contributed by atoms with van der Waals surface area (Å²) >= 11 is 5.90. The quantitative estimate of drug-likeness (QED) is 0.687. The Balaban J connectivity index is 2.48. The van der Waals surface area contributed by atoms with Gasteiger partial charge in [-0.2, -0.15) is 0 Å². The summed E-state index contributed by atoms with van der Waals surface area (Å²) in [5.74, 6) is 0. The monoisotopic (exact) mass is 193 g/mol. The van der Waals surface area contributed by atoms with Gasteiger partial charge in [-0.15, -0.1) is 24.0 Å². The van der Waals surface area contributed by atoms with E-state index in [2.05, 4.69) is 17.6 Å². The third-order valence-electron chi connectivity index (χ3n) is 1.53. The lowest BCUT2D eigenvalue weighted by Crippen LogP contribution is -1.74. The Bertz CT molecular complexity index is 368. The van der Waals surface area contributed by atoms with Gasteiger partial charge < -0.3 is 0 Å². The second-order valence-electron chi connectivity index (χ2n) is 2.39. The van der Waals surface area contributed by atoms with Gasteiger partial charge in [-0.05, 0) is 12.1 Å². The highest BCUT2D eigenvalue weighted by atomic mass is 32.1. The molecule has 1 nitrogen and oxygen atoms in total. The molecule has 3 heteroatoms. The van der Waals surface area contributed by atoms with Crippen LogP contribution in [0.3, 0.4) is 0 Å². The molecule has 0 radical (unpaired) electrons. The van der Waals surface area contributed by atoms with Crippen molar-refractivity contribution >= 4 is 24.0 Å². The molecule has 0 bridgehead atoms. The van der Waals surface area contributed by atoms with Crippen molar-refractivity contribution in [1.82, 2.24) is 4.98 Å². The molecule has 0 aliphatic carbocycles. The molecule has 0 N–H and O–H groups in total. The van der Waals surface area contributed by atoms with Crippen LogP contribution in [-0.4, -0.2) is 4.98 Å². The highest BCUT2D eigenvalue weighted by Crippen LogP contribution is 2.23. The number of thiol groups is 1. The van der Waals surface area contributed by atoms with Gasteiger partial charge in [-0.3, -0.25) is 0 Å². The number of benzene rings is 1. The summed E-state index contributed by atoms with van der Waals surface area (Å²) in [6.07, 6.45) is 1.81. The van der Waals surface area contributed by atoms with E-state index < -0.39 is 0 Å². The minimum atomic E-state index is 0.975. The third kappa shape index (κ3) is 1.52. The van der Waals surface area contributed by atoms with Gasteiger partial charge in [0.25, 0.3) is 0 Å². The summed E-state index contributed by atoms with van der Waals surface area (Å²) in [6.45, 7) is 0. The summed E-state index contributed by atoms with van der Waals surface area (Å²) in [6, 6.07) is 8.00. The van der Waals surface area contributed by atoms with Crippen LogP contribution in [0.2, 0.25) is 0 Å². The highest BCUT2D eigenvalue weighted by Gasteiger charge is 1.98. The third-order valence-corrected chi connectivity index (χ3v) is 2.63. The zero-order chi connectivity index (χ0) is 8.39. The van der Waals surface area contributed by atoms with Crippen LogP contribution in [0, 0.1) is 0 Å². The molecular weight excluding hydrogens is 186 g/mol. The zero-order valence-electron chi connectivity index (χ0n) is 6.27. The molecule has 0 atom stereocenters. The van der Waals surface area contributed by atoms with Gasteiger partial charge in [-0.25, -0.2) is 4.98 Å². The Labute approximate surface area is 80.5 Å². The van der Waals surface area contributed by atoms with Crippen LogP contribution in [0.1, 0.15) is 0 Å². The molecule has 60 valence electrons. The molecule has 0 aliphatic heterocycles. The predicted molar refractivity (Wildman–Crippen MR) is 54.8 cm³/mol. The number of hydrogen-bond acceptors (Lipinski definition) is 3. The molecule has 0 aliphatic rings. The van der Waals surface area contributed by atoms with Crippen LogP contribution in [0.15, 0.2) is 40.7 Å². The van der Waals surface area contributed by atoms with E-state index in [0.717, 1.165) is 15.5 Å². The van der Waals surface area contributed by atoms with Gasteiger partial charge in [0, 0.05) is 22.0 Å². The normalized spacial score (nSPS) is 10.1. The number of aromatic nitrogens is 1. The molecule has 12 heavy (non-hydrogen) atoms. The van der Waals surface area contributed by atoms with Crippen molar-refractivity contribution < 1.29 is 0 Å². The molecule has 0 spiro atoms. The molecule has 0 unspecified atom stereocenters. The first-order valence-corrected chi connectivity index (χ1v) is 4.88. The molecule has 1 heterocycles. The number of thiazole rings is 1. The predicted octanol–water partition coefficient (Wildman–Crippen LogP) is 3.10. The summed E-state index contributed by atoms with van der Waals surface area (Å²) in [7, 11) is 0. The maximum atomic E-state index is 4.26. The smallest absolute Gasteiger partial charge is 0.123 e. The van der Waals surface area contributed by atoms with E-state index in [4.69, 9.17) is 0 Å². The highest BCUT2D eigenvalue weighted by molar-refractivity contribution is 7.80. The number of nitrogens with zero attached hydrogens (tertiary/aromatic N) is 1. The van der Waals surface area contributed by atoms with E-state index in [9.17, 15) is 0 Å². The van der Waals surface area contributed by atoms with E-state index >= 15 is 0 Å². The lowest BCUT2D eigenvalue weighted by Gasteiger charge is -1.95. The fourth-order valence-electron chi connectivity index (χ4n) is 1.00. The molecule has 2 aromatic rings. The van der Waals surface area contributed by atoms with Gasteiger partial charge in [0.1, 0.15) is 5.01 Å². The van der Waals surface area contributed by atoms with Crippen LogP contribution in [0.25, 0.3) is 10.6 Å². The summed E-state index contributed by atoms with van der Waals surface area (Å²) in [5, 5.41) is 3.02. The largest absolute Gasteiger partial charge is 0.245 e. The van der Waals surface area contributed by atoms with Crippen molar-refractivity contribution in [2.45, 2.75) is 4.90 Å². The average molecular weight is 193 g/mol. The van der Waals surface area contributed by atoms with Crippen molar-refractivity contribution in [2.75, 3.05) is 0 Å². The first-order chi connectivity index (χ1) is 5.86. The first kappa shape index (κ1) is 7.83. The maximum Gasteiger partial charge on any atom is 0.123 e. The van der Waals surface area contributed by atoms with Crippen LogP contribution >= 0.6 is 24.0 Å². The first-order valence-electron chi connectivity index (χ1n) is 3.55. The molecular formula is C9H7NS2. The van der Waals surface area contributed by atoms with E-state index in [0.29, 0.717) is 0 Å². The lowest BCUT2D eigenvalue weighted by atomic mass is 10.2. The molecule has 0 saturated carbocycles. The Morgan fingerprint density at radius 2 is 2.25 bits per heavy atom. The Morgan fingerprint density at radius 1 is 1.33 bits per heavy atom. The SMILES string of the molecule is Sc1cccc(-c2nccs2)c1. The topological polar surface area (TPSA) is 12.9 Å². The maximum absolute atomic E-state index is 4.26. The molecule has 0 saturated heterocycles. The fraction of sp³-hybridized carbons (Fsp3) is 0. The second-order valence-corrected chi connectivity index (χ2v) is 3.80. The minimum absolute atomic E-state index is 0.975. The molecule has 1 aromatic carbocycles. The van der Waals surface area contributed by atoms with E-state index in [1.165, 1.54) is 0 Å². The molecule has 1 aromatic heterocycles. The number of hydrogen-bond donors (Lipinski definition) is 1. The molecule has 0 fully saturated rings. The summed E-state index contributed by atoms with van der Waals surface area (Å²) < 4.78 is 0. The van der Waals surface area contributed by atoms with Gasteiger partial charge in [0.05, 0.1) is 0 Å². The van der Waals surface area contributed by atoms with Crippen molar-refractivity contribution in [2.24, 2.45) is 0 Å². The van der Waals surface area contributed by atoms with Crippen LogP contribution in [-0.2, 0) is 0 Å². The van der Waals surface area contributed by atoms with Gasteiger partial charge in [0.2, 0.25) is 0 Å². The standard InChI is InChI=1S/C9H7NS2/c11-8-3-1-2-7(6-8)9-10-4-5-12-9/h1-6,11H. The Morgan fingerprint density at radius 3 is 2.92 bits per heavy atom.